The molecule has 0 radical (unpaired) electrons. The molecule has 1 aromatic rings. The molecule has 6 nitrogen and oxygen atoms in total. The van der Waals surface area contributed by atoms with E-state index in [1.54, 1.807) is 45.2 Å². The van der Waals surface area contributed by atoms with E-state index in [2.05, 4.69) is 4.98 Å². The van der Waals surface area contributed by atoms with Gasteiger partial charge in [0.15, 0.2) is 0 Å². The Kier molecular flexibility index (Phi) is 4.39. The highest BCUT2D eigenvalue weighted by atomic mass is 16.6. The summed E-state index contributed by atoms with van der Waals surface area (Å²) in [7, 11) is 0. The minimum Gasteiger partial charge on any atom is -0.548 e. The minimum atomic E-state index is -1.39. The van der Waals surface area contributed by atoms with Gasteiger partial charge in [0.05, 0.1) is 11.5 Å². The van der Waals surface area contributed by atoms with Crippen LogP contribution >= 0.6 is 0 Å². The van der Waals surface area contributed by atoms with Crippen molar-refractivity contribution in [2.24, 2.45) is 0 Å². The number of hydrogen-bond acceptors (Lipinski definition) is 5. The molecule has 0 saturated carbocycles. The Morgan fingerprint density at radius 2 is 2.14 bits per heavy atom. The molecular weight excluding hydrogens is 284 g/mol. The molecule has 2 heterocycles. The van der Waals surface area contributed by atoms with E-state index in [1.165, 1.54) is 4.90 Å². The van der Waals surface area contributed by atoms with Crippen LogP contribution in [-0.2, 0) is 16.0 Å². The SMILES string of the molecule is CC(C)(C)OC(=O)N1CCC[C@@]1(Cc1ccccn1)C(=O)[O-]. The van der Waals surface area contributed by atoms with Gasteiger partial charge in [-0.05, 0) is 45.7 Å². The van der Waals surface area contributed by atoms with E-state index in [0.717, 1.165) is 0 Å². The van der Waals surface area contributed by atoms with E-state index in [4.69, 9.17) is 4.74 Å². The summed E-state index contributed by atoms with van der Waals surface area (Å²) in [5, 5.41) is 11.8. The summed E-state index contributed by atoms with van der Waals surface area (Å²) in [6.45, 7) is 5.59. The van der Waals surface area contributed by atoms with E-state index in [9.17, 15) is 14.7 Å². The maximum absolute atomic E-state index is 12.4. The number of nitrogens with zero attached hydrogens (tertiary/aromatic N) is 2. The second-order valence-corrected chi connectivity index (χ2v) is 6.55. The highest BCUT2D eigenvalue weighted by Crippen LogP contribution is 2.33. The summed E-state index contributed by atoms with van der Waals surface area (Å²) < 4.78 is 5.34. The Labute approximate surface area is 130 Å². The topological polar surface area (TPSA) is 82.6 Å². The van der Waals surface area contributed by atoms with Gasteiger partial charge in [-0.15, -0.1) is 0 Å². The number of ether oxygens (including phenoxy) is 1. The molecule has 2 rings (SSSR count). The first kappa shape index (κ1) is 16.3. The third-order valence-corrected chi connectivity index (χ3v) is 3.68. The molecule has 0 aromatic carbocycles. The molecule has 6 heteroatoms. The fourth-order valence-corrected chi connectivity index (χ4v) is 2.73. The second kappa shape index (κ2) is 5.94. The standard InChI is InChI=1S/C16H22N2O4/c1-15(2,3)22-14(21)18-10-6-8-16(18,13(19)20)11-12-7-4-5-9-17-12/h4-5,7,9H,6,8,10-11H2,1-3H3,(H,19,20)/p-1/t16-/m1/s1. The Bertz CT molecular complexity index is 553. The number of pyridine rings is 1. The fourth-order valence-electron chi connectivity index (χ4n) is 2.73. The van der Waals surface area contributed by atoms with Crippen molar-refractivity contribution in [1.82, 2.24) is 9.88 Å². The summed E-state index contributed by atoms with van der Waals surface area (Å²) in [5.74, 6) is -1.26. The first-order valence-corrected chi connectivity index (χ1v) is 7.37. The lowest BCUT2D eigenvalue weighted by Gasteiger charge is -2.39. The van der Waals surface area contributed by atoms with Crippen LogP contribution in [0.4, 0.5) is 4.79 Å². The van der Waals surface area contributed by atoms with Crippen molar-refractivity contribution in [3.05, 3.63) is 30.1 Å². The van der Waals surface area contributed by atoms with Crippen molar-refractivity contribution in [1.29, 1.82) is 0 Å². The summed E-state index contributed by atoms with van der Waals surface area (Å²) >= 11 is 0. The average molecular weight is 305 g/mol. The molecule has 1 aromatic heterocycles. The van der Waals surface area contributed by atoms with Crippen molar-refractivity contribution in [3.63, 3.8) is 0 Å². The van der Waals surface area contributed by atoms with Gasteiger partial charge in [-0.25, -0.2) is 4.79 Å². The first-order chi connectivity index (χ1) is 10.2. The largest absolute Gasteiger partial charge is 0.548 e. The first-order valence-electron chi connectivity index (χ1n) is 7.37. The molecule has 0 aliphatic carbocycles. The van der Waals surface area contributed by atoms with Gasteiger partial charge in [0.25, 0.3) is 0 Å². The highest BCUT2D eigenvalue weighted by molar-refractivity contribution is 5.84. The number of rotatable bonds is 3. The number of carbonyl (C=O) groups excluding carboxylic acids is 2. The van der Waals surface area contributed by atoms with E-state index < -0.39 is 23.2 Å². The molecule has 0 spiro atoms. The van der Waals surface area contributed by atoms with Crippen LogP contribution < -0.4 is 5.11 Å². The van der Waals surface area contributed by atoms with E-state index in [1.807, 2.05) is 0 Å². The number of carboxylic acids is 1. The van der Waals surface area contributed by atoms with Gasteiger partial charge in [0, 0.05) is 24.9 Å². The fraction of sp³-hybridized carbons (Fsp3) is 0.562. The lowest BCUT2D eigenvalue weighted by Crippen LogP contribution is -2.60. The molecule has 0 unspecified atom stereocenters. The van der Waals surface area contributed by atoms with Crippen molar-refractivity contribution in [2.75, 3.05) is 6.54 Å². The Balaban J connectivity index is 2.28. The second-order valence-electron chi connectivity index (χ2n) is 6.55. The monoisotopic (exact) mass is 305 g/mol. The third-order valence-electron chi connectivity index (χ3n) is 3.68. The van der Waals surface area contributed by atoms with E-state index >= 15 is 0 Å². The van der Waals surface area contributed by atoms with Crippen molar-refractivity contribution in [3.8, 4) is 0 Å². The number of likely N-dealkylation sites (tertiary alicyclic amines) is 1. The highest BCUT2D eigenvalue weighted by Gasteiger charge is 2.46. The normalized spacial score (nSPS) is 21.7. The minimum absolute atomic E-state index is 0.120. The van der Waals surface area contributed by atoms with Crippen LogP contribution in [0.2, 0.25) is 0 Å². The van der Waals surface area contributed by atoms with Gasteiger partial charge in [-0.3, -0.25) is 9.88 Å². The van der Waals surface area contributed by atoms with Gasteiger partial charge in [-0.1, -0.05) is 6.07 Å². The summed E-state index contributed by atoms with van der Waals surface area (Å²) in [6.07, 6.45) is 2.04. The zero-order chi connectivity index (χ0) is 16.4. The number of aromatic nitrogens is 1. The number of amides is 1. The maximum atomic E-state index is 12.4. The summed E-state index contributed by atoms with van der Waals surface area (Å²) in [4.78, 5) is 29.6. The number of aliphatic carboxylic acids is 1. The molecule has 22 heavy (non-hydrogen) atoms. The smallest absolute Gasteiger partial charge is 0.411 e. The number of carbonyl (C=O) groups is 2. The Morgan fingerprint density at radius 1 is 1.41 bits per heavy atom. The quantitative estimate of drug-likeness (QED) is 0.836. The van der Waals surface area contributed by atoms with Crippen molar-refractivity contribution >= 4 is 12.1 Å². The van der Waals surface area contributed by atoms with Gasteiger partial charge in [-0.2, -0.15) is 0 Å². The lowest BCUT2D eigenvalue weighted by atomic mass is 9.90. The molecule has 0 N–H and O–H groups in total. The van der Waals surface area contributed by atoms with Crippen LogP contribution in [0.25, 0.3) is 0 Å². The van der Waals surface area contributed by atoms with Gasteiger partial charge in [0.2, 0.25) is 0 Å². The zero-order valence-electron chi connectivity index (χ0n) is 13.2. The van der Waals surface area contributed by atoms with Crippen molar-refractivity contribution < 1.29 is 19.4 Å². The average Bonchev–Trinajstić information content (AvgIpc) is 2.83. The van der Waals surface area contributed by atoms with Crippen molar-refractivity contribution in [2.45, 2.75) is 51.2 Å². The lowest BCUT2D eigenvalue weighted by molar-refractivity contribution is -0.317. The van der Waals surface area contributed by atoms with Crippen LogP contribution in [0.5, 0.6) is 0 Å². The van der Waals surface area contributed by atoms with Gasteiger partial charge >= 0.3 is 6.09 Å². The van der Waals surface area contributed by atoms with Gasteiger partial charge < -0.3 is 14.6 Å². The molecule has 120 valence electrons. The van der Waals surface area contributed by atoms with Crippen LogP contribution in [0, 0.1) is 0 Å². The molecule has 1 aliphatic rings. The predicted octanol–water partition coefficient (Wildman–Crippen LogP) is 1.14. The Morgan fingerprint density at radius 3 is 2.68 bits per heavy atom. The molecule has 1 saturated heterocycles. The molecule has 1 aliphatic heterocycles. The third kappa shape index (κ3) is 3.37. The van der Waals surface area contributed by atoms with Crippen LogP contribution in [0.3, 0.4) is 0 Å². The number of hydrogen-bond donors (Lipinski definition) is 0. The Hall–Kier alpha value is -2.11. The summed E-state index contributed by atoms with van der Waals surface area (Å²) in [5.41, 5.74) is -1.46. The number of carboxylic acid groups (broad SMARTS) is 1. The molecule has 1 amide bonds. The molecule has 0 bridgehead atoms. The van der Waals surface area contributed by atoms with E-state index in [0.29, 0.717) is 25.1 Å². The maximum Gasteiger partial charge on any atom is 0.411 e. The molecule has 1 fully saturated rings. The zero-order valence-corrected chi connectivity index (χ0v) is 13.2. The molecular formula is C16H21N2O4-. The molecule has 1 atom stereocenters. The van der Waals surface area contributed by atoms with Crippen LogP contribution in [0.15, 0.2) is 24.4 Å². The van der Waals surface area contributed by atoms with Gasteiger partial charge in [0.1, 0.15) is 5.60 Å². The van der Waals surface area contributed by atoms with Crippen LogP contribution in [0.1, 0.15) is 39.3 Å². The predicted molar refractivity (Wildman–Crippen MR) is 77.9 cm³/mol. The van der Waals surface area contributed by atoms with Crippen LogP contribution in [-0.4, -0.2) is 39.6 Å². The van der Waals surface area contributed by atoms with E-state index in [-0.39, 0.29) is 6.42 Å². The summed E-state index contributed by atoms with van der Waals surface area (Å²) in [6, 6.07) is 5.30.